The molecule has 1 saturated carbocycles. The van der Waals surface area contributed by atoms with E-state index in [1.807, 2.05) is 0 Å². The van der Waals surface area contributed by atoms with E-state index in [0.29, 0.717) is 24.2 Å². The van der Waals surface area contributed by atoms with Crippen LogP contribution in [-0.4, -0.2) is 41.8 Å². The molecule has 1 aromatic heterocycles. The lowest BCUT2D eigenvalue weighted by atomic mass is 9.77. The molecule has 1 aliphatic heterocycles. The predicted molar refractivity (Wildman–Crippen MR) is 74.0 cm³/mol. The Morgan fingerprint density at radius 2 is 2.30 bits per heavy atom. The summed E-state index contributed by atoms with van der Waals surface area (Å²) in [5, 5.41) is 4.10. The Morgan fingerprint density at radius 1 is 1.45 bits per heavy atom. The van der Waals surface area contributed by atoms with Gasteiger partial charge in [-0.1, -0.05) is 24.9 Å². The molecule has 2 aliphatic rings. The number of rotatable bonds is 2. The first-order chi connectivity index (χ1) is 9.57. The van der Waals surface area contributed by atoms with Crippen LogP contribution in [-0.2, 0) is 10.3 Å². The summed E-state index contributed by atoms with van der Waals surface area (Å²) in [6.07, 6.45) is 4.09. The summed E-state index contributed by atoms with van der Waals surface area (Å²) in [6, 6.07) is 0. The number of hydrogen-bond donors (Lipinski definition) is 1. The van der Waals surface area contributed by atoms with Crippen LogP contribution in [0.3, 0.4) is 0 Å². The van der Waals surface area contributed by atoms with Gasteiger partial charge in [-0.2, -0.15) is 4.98 Å². The van der Waals surface area contributed by atoms with Gasteiger partial charge < -0.3 is 19.9 Å². The van der Waals surface area contributed by atoms with E-state index >= 15 is 0 Å². The smallest absolute Gasteiger partial charge is 0.246 e. The SMILES string of the molecule is CC1CCCC(N)(c2nc(C3CN(C)CCO3)no2)C1. The molecular formula is C14H24N4O2. The Labute approximate surface area is 119 Å². The summed E-state index contributed by atoms with van der Waals surface area (Å²) in [6.45, 7) is 4.68. The highest BCUT2D eigenvalue weighted by Gasteiger charge is 2.38. The van der Waals surface area contributed by atoms with Crippen molar-refractivity contribution in [2.45, 2.75) is 44.2 Å². The van der Waals surface area contributed by atoms with Crippen molar-refractivity contribution >= 4 is 0 Å². The lowest BCUT2D eigenvalue weighted by Crippen LogP contribution is -2.41. The first-order valence-electron chi connectivity index (χ1n) is 7.50. The van der Waals surface area contributed by atoms with Crippen molar-refractivity contribution in [1.82, 2.24) is 15.0 Å². The van der Waals surface area contributed by atoms with Gasteiger partial charge in [-0.3, -0.25) is 0 Å². The molecule has 0 radical (unpaired) electrons. The van der Waals surface area contributed by atoms with Gasteiger partial charge in [0.1, 0.15) is 6.10 Å². The number of nitrogens with zero attached hydrogens (tertiary/aromatic N) is 3. The van der Waals surface area contributed by atoms with Crippen molar-refractivity contribution in [2.24, 2.45) is 11.7 Å². The molecule has 0 spiro atoms. The zero-order valence-electron chi connectivity index (χ0n) is 12.3. The average molecular weight is 280 g/mol. The first kappa shape index (κ1) is 14.0. The third kappa shape index (κ3) is 2.73. The van der Waals surface area contributed by atoms with Crippen LogP contribution in [0.5, 0.6) is 0 Å². The van der Waals surface area contributed by atoms with Gasteiger partial charge in [-0.05, 0) is 25.8 Å². The Kier molecular flexibility index (Phi) is 3.79. The monoisotopic (exact) mass is 280 g/mol. The van der Waals surface area contributed by atoms with E-state index in [1.165, 1.54) is 6.42 Å². The van der Waals surface area contributed by atoms with Crippen molar-refractivity contribution in [1.29, 1.82) is 0 Å². The molecule has 112 valence electrons. The molecule has 0 aromatic carbocycles. The molecule has 20 heavy (non-hydrogen) atoms. The van der Waals surface area contributed by atoms with Crippen molar-refractivity contribution < 1.29 is 9.26 Å². The van der Waals surface area contributed by atoms with Gasteiger partial charge in [-0.25, -0.2) is 0 Å². The van der Waals surface area contributed by atoms with Gasteiger partial charge in [0.15, 0.2) is 0 Å². The Balaban J connectivity index is 1.76. The fourth-order valence-corrected chi connectivity index (χ4v) is 3.29. The van der Waals surface area contributed by atoms with E-state index in [0.717, 1.165) is 32.4 Å². The quantitative estimate of drug-likeness (QED) is 0.883. The van der Waals surface area contributed by atoms with Gasteiger partial charge in [0, 0.05) is 13.1 Å². The highest BCUT2D eigenvalue weighted by molar-refractivity contribution is 5.06. The van der Waals surface area contributed by atoms with Crippen LogP contribution >= 0.6 is 0 Å². The van der Waals surface area contributed by atoms with Crippen LogP contribution in [0, 0.1) is 5.92 Å². The van der Waals surface area contributed by atoms with E-state index < -0.39 is 5.54 Å². The molecule has 6 heteroatoms. The number of aromatic nitrogens is 2. The second-order valence-electron chi connectivity index (χ2n) is 6.44. The normalized spacial score (nSPS) is 36.1. The molecule has 2 fully saturated rings. The molecule has 2 N–H and O–H groups in total. The molecule has 3 rings (SSSR count). The van der Waals surface area contributed by atoms with Crippen molar-refractivity contribution in [3.63, 3.8) is 0 Å². The van der Waals surface area contributed by atoms with E-state index in [4.69, 9.17) is 15.0 Å². The minimum atomic E-state index is -0.455. The summed E-state index contributed by atoms with van der Waals surface area (Å²) in [7, 11) is 2.07. The largest absolute Gasteiger partial charge is 0.367 e. The predicted octanol–water partition coefficient (Wildman–Crippen LogP) is 1.44. The van der Waals surface area contributed by atoms with Crippen LogP contribution in [0.1, 0.15) is 50.4 Å². The summed E-state index contributed by atoms with van der Waals surface area (Å²) in [5.74, 6) is 1.83. The van der Waals surface area contributed by atoms with Gasteiger partial charge in [-0.15, -0.1) is 0 Å². The number of hydrogen-bond acceptors (Lipinski definition) is 6. The molecule has 3 atom stereocenters. The third-order valence-corrected chi connectivity index (χ3v) is 4.46. The van der Waals surface area contributed by atoms with Gasteiger partial charge in [0.05, 0.1) is 12.1 Å². The molecule has 6 nitrogen and oxygen atoms in total. The van der Waals surface area contributed by atoms with Crippen molar-refractivity contribution in [3.05, 3.63) is 11.7 Å². The highest BCUT2D eigenvalue weighted by atomic mass is 16.5. The Morgan fingerprint density at radius 3 is 3.05 bits per heavy atom. The van der Waals surface area contributed by atoms with E-state index in [9.17, 15) is 0 Å². The molecule has 0 amide bonds. The molecule has 0 bridgehead atoms. The number of morpholine rings is 1. The summed E-state index contributed by atoms with van der Waals surface area (Å²) >= 11 is 0. The summed E-state index contributed by atoms with van der Waals surface area (Å²) in [5.41, 5.74) is 6.04. The molecule has 1 saturated heterocycles. The van der Waals surface area contributed by atoms with Crippen LogP contribution in [0.25, 0.3) is 0 Å². The highest BCUT2D eigenvalue weighted by Crippen LogP contribution is 2.37. The van der Waals surface area contributed by atoms with Crippen LogP contribution in [0.4, 0.5) is 0 Å². The molecule has 1 aromatic rings. The standard InChI is InChI=1S/C14H24N4O2/c1-10-4-3-5-14(15,8-10)13-16-12(17-20-13)11-9-18(2)6-7-19-11/h10-11H,3-9,15H2,1-2H3. The average Bonchev–Trinajstić information content (AvgIpc) is 2.88. The summed E-state index contributed by atoms with van der Waals surface area (Å²) < 4.78 is 11.2. The number of ether oxygens (including phenoxy) is 1. The van der Waals surface area contributed by atoms with Gasteiger partial charge >= 0.3 is 0 Å². The van der Waals surface area contributed by atoms with E-state index in [-0.39, 0.29) is 6.10 Å². The van der Waals surface area contributed by atoms with Crippen molar-refractivity contribution in [3.8, 4) is 0 Å². The van der Waals surface area contributed by atoms with E-state index in [2.05, 4.69) is 29.0 Å². The molecular weight excluding hydrogens is 256 g/mol. The minimum absolute atomic E-state index is 0.101. The van der Waals surface area contributed by atoms with Crippen LogP contribution in [0.15, 0.2) is 4.52 Å². The lowest BCUT2D eigenvalue weighted by Gasteiger charge is -2.33. The summed E-state index contributed by atoms with van der Waals surface area (Å²) in [4.78, 5) is 6.76. The number of likely N-dealkylation sites (N-methyl/N-ethyl adjacent to an activating group) is 1. The zero-order valence-corrected chi connectivity index (χ0v) is 12.3. The van der Waals surface area contributed by atoms with Gasteiger partial charge in [0.25, 0.3) is 0 Å². The maximum Gasteiger partial charge on any atom is 0.246 e. The van der Waals surface area contributed by atoms with Crippen molar-refractivity contribution in [2.75, 3.05) is 26.7 Å². The lowest BCUT2D eigenvalue weighted by molar-refractivity contribution is -0.0264. The second-order valence-corrected chi connectivity index (χ2v) is 6.44. The van der Waals surface area contributed by atoms with E-state index in [1.54, 1.807) is 0 Å². The van der Waals surface area contributed by atoms with Crippen LogP contribution in [0.2, 0.25) is 0 Å². The topological polar surface area (TPSA) is 77.4 Å². The Hall–Kier alpha value is -0.980. The number of nitrogens with two attached hydrogens (primary N) is 1. The zero-order chi connectivity index (χ0) is 14.2. The fraction of sp³-hybridized carbons (Fsp3) is 0.857. The van der Waals surface area contributed by atoms with Gasteiger partial charge in [0.2, 0.25) is 11.7 Å². The first-order valence-corrected chi connectivity index (χ1v) is 7.50. The minimum Gasteiger partial charge on any atom is -0.367 e. The Bertz CT molecular complexity index is 464. The second kappa shape index (κ2) is 5.42. The van der Waals surface area contributed by atoms with Crippen LogP contribution < -0.4 is 5.73 Å². The molecule has 1 aliphatic carbocycles. The maximum absolute atomic E-state index is 6.49. The fourth-order valence-electron chi connectivity index (χ4n) is 3.29. The third-order valence-electron chi connectivity index (χ3n) is 4.46. The molecule has 2 heterocycles. The maximum atomic E-state index is 6.49. The molecule has 3 unspecified atom stereocenters.